The Labute approximate surface area is 337 Å². The van der Waals surface area contributed by atoms with E-state index < -0.39 is 5.97 Å². The maximum absolute atomic E-state index is 12.3. The Hall–Kier alpha value is -6.19. The number of carbonyl (C=O) groups is 4. The fourth-order valence-electron chi connectivity index (χ4n) is 5.23. The highest BCUT2D eigenvalue weighted by molar-refractivity contribution is 5.94. The maximum atomic E-state index is 12.3. The van der Waals surface area contributed by atoms with E-state index in [2.05, 4.69) is 25.1 Å². The van der Waals surface area contributed by atoms with Crippen LogP contribution in [0.1, 0.15) is 60.3 Å². The average Bonchev–Trinajstić information content (AvgIpc) is 3.70. The predicted molar refractivity (Wildman–Crippen MR) is 219 cm³/mol. The lowest BCUT2D eigenvalue weighted by Gasteiger charge is -2.07. The van der Waals surface area contributed by atoms with Crippen LogP contribution in [0.3, 0.4) is 0 Å². The summed E-state index contributed by atoms with van der Waals surface area (Å²) >= 11 is 0. The molecule has 3 heterocycles. The fourth-order valence-corrected chi connectivity index (χ4v) is 5.23. The van der Waals surface area contributed by atoms with E-state index in [-0.39, 0.29) is 54.7 Å². The van der Waals surface area contributed by atoms with E-state index >= 15 is 0 Å². The third-order valence-corrected chi connectivity index (χ3v) is 7.95. The number of benzene rings is 3. The van der Waals surface area contributed by atoms with Gasteiger partial charge in [-0.25, -0.2) is 14.4 Å². The molecule has 0 radical (unpaired) electrons. The minimum atomic E-state index is -0.442. The Bertz CT molecular complexity index is 2050. The van der Waals surface area contributed by atoms with Gasteiger partial charge in [-0.15, -0.1) is 12.4 Å². The maximum Gasteiger partial charge on any atom is 0.329 e. The number of hydrogen-bond donors (Lipinski definition) is 4. The van der Waals surface area contributed by atoms with Gasteiger partial charge in [0, 0.05) is 38.1 Å². The Morgan fingerprint density at radius 2 is 1.28 bits per heavy atom. The van der Waals surface area contributed by atoms with Crippen molar-refractivity contribution in [1.82, 2.24) is 29.3 Å². The third kappa shape index (κ3) is 17.4. The number of aromatic amines is 1. The molecule has 0 saturated carbocycles. The molecule has 5 N–H and O–H groups in total. The molecule has 15 nitrogen and oxygen atoms in total. The largest absolute Gasteiger partial charge is 0.465 e. The minimum Gasteiger partial charge on any atom is -0.465 e. The SMILES string of the molecule is CCOC(=O)CN.CCOC(=O)CNC(=O)NCc1ccccc1.Cl.O=C1CCCCn2c1cn(Cc1ccccc1)c2=O.O=c1[nH]ccn1Cc1ccccc1. The molecule has 1 aliphatic heterocycles. The van der Waals surface area contributed by atoms with E-state index in [9.17, 15) is 28.8 Å². The number of imidazole rings is 2. The van der Waals surface area contributed by atoms with E-state index in [0.29, 0.717) is 51.5 Å². The van der Waals surface area contributed by atoms with E-state index in [0.717, 1.165) is 29.5 Å². The number of Topliss-reactive ketones (excluding diaryl/α,β-unsaturated/α-hetero) is 1. The highest BCUT2D eigenvalue weighted by Crippen LogP contribution is 2.13. The number of fused-ring (bicyclic) bond motifs is 1. The van der Waals surface area contributed by atoms with Crippen molar-refractivity contribution in [2.24, 2.45) is 5.73 Å². The zero-order valence-electron chi connectivity index (χ0n) is 32.3. The first-order valence-electron chi connectivity index (χ1n) is 18.4. The summed E-state index contributed by atoms with van der Waals surface area (Å²) in [6.07, 6.45) is 7.42. The number of ketones is 1. The first-order chi connectivity index (χ1) is 27.1. The fraction of sp³-hybridized carbons (Fsp3) is 0.317. The van der Waals surface area contributed by atoms with Gasteiger partial charge >= 0.3 is 29.3 Å². The van der Waals surface area contributed by atoms with Crippen LogP contribution in [0.4, 0.5) is 4.79 Å². The van der Waals surface area contributed by atoms with Gasteiger partial charge < -0.3 is 30.8 Å². The summed E-state index contributed by atoms with van der Waals surface area (Å²) in [7, 11) is 0. The number of nitrogens with one attached hydrogen (secondary N) is 3. The van der Waals surface area contributed by atoms with Crippen LogP contribution >= 0.6 is 12.4 Å². The van der Waals surface area contributed by atoms with Crippen molar-refractivity contribution in [2.75, 3.05) is 26.3 Å². The number of esters is 2. The van der Waals surface area contributed by atoms with Gasteiger partial charge in [0.05, 0.1) is 32.8 Å². The second-order valence-corrected chi connectivity index (χ2v) is 12.2. The molecule has 0 saturated heterocycles. The second kappa shape index (κ2) is 26.6. The van der Waals surface area contributed by atoms with Crippen molar-refractivity contribution in [2.45, 2.75) is 59.3 Å². The van der Waals surface area contributed by atoms with Crippen LogP contribution in [0.2, 0.25) is 0 Å². The van der Waals surface area contributed by atoms with Crippen LogP contribution in [-0.2, 0) is 45.2 Å². The van der Waals surface area contributed by atoms with Crippen LogP contribution in [0, 0.1) is 0 Å². The first kappa shape index (κ1) is 47.0. The van der Waals surface area contributed by atoms with E-state index in [4.69, 9.17) is 5.73 Å². The van der Waals surface area contributed by atoms with Crippen molar-refractivity contribution in [3.8, 4) is 0 Å². The Balaban J connectivity index is 0.000000274. The van der Waals surface area contributed by atoms with Gasteiger partial charge in [0.2, 0.25) is 0 Å². The molecular formula is C41H52ClN7O8. The zero-order chi connectivity index (χ0) is 40.5. The van der Waals surface area contributed by atoms with E-state index in [1.54, 1.807) is 46.1 Å². The molecule has 2 amide bonds. The molecule has 0 bridgehead atoms. The van der Waals surface area contributed by atoms with Crippen molar-refractivity contribution in [3.05, 3.63) is 153 Å². The monoisotopic (exact) mass is 805 g/mol. The topological polar surface area (TPSA) is 202 Å². The molecule has 0 aliphatic carbocycles. The Kier molecular flexibility index (Phi) is 21.9. The number of H-pyrrole nitrogens is 1. The second-order valence-electron chi connectivity index (χ2n) is 12.2. The summed E-state index contributed by atoms with van der Waals surface area (Å²) in [6.45, 7) is 6.28. The van der Waals surface area contributed by atoms with Crippen LogP contribution in [0.15, 0.2) is 119 Å². The summed E-state index contributed by atoms with van der Waals surface area (Å²) < 4.78 is 14.0. The molecule has 2 aromatic heterocycles. The first-order valence-corrected chi connectivity index (χ1v) is 18.4. The van der Waals surface area contributed by atoms with Gasteiger partial charge in [0.1, 0.15) is 12.2 Å². The van der Waals surface area contributed by atoms with Crippen molar-refractivity contribution >= 4 is 36.2 Å². The third-order valence-electron chi connectivity index (χ3n) is 7.95. The smallest absolute Gasteiger partial charge is 0.329 e. The van der Waals surface area contributed by atoms with Gasteiger partial charge in [0.25, 0.3) is 0 Å². The standard InChI is InChI=1S/C15H16N2O2.C12H16N2O3.C10H10N2O.C4H9NO2.ClH/c18-14-8-4-5-9-17-13(14)11-16(15(17)19)10-12-6-2-1-3-7-12;1-2-17-11(15)9-14-12(16)13-8-10-6-4-3-5-7-10;13-10-11-6-7-12(10)8-9-4-2-1-3-5-9;1-2-7-4(6)3-5;/h1-3,6-7,11H,4-5,8-10H2;3-7H,2,8-9H2,1H3,(H2,13,14,16);1-7H,8H2,(H,11,13);2-3,5H2,1H3;1H. The van der Waals surface area contributed by atoms with Gasteiger partial charge in [0.15, 0.2) is 5.78 Å². The summed E-state index contributed by atoms with van der Waals surface area (Å²) in [5, 5.41) is 5.05. The normalized spacial score (nSPS) is 11.2. The minimum absolute atomic E-state index is 0. The number of hydrogen-bond acceptors (Lipinski definition) is 9. The average molecular weight is 806 g/mol. The number of nitrogens with two attached hydrogens (primary N) is 1. The number of aromatic nitrogens is 4. The van der Waals surface area contributed by atoms with Gasteiger partial charge in [-0.2, -0.15) is 0 Å². The van der Waals surface area contributed by atoms with E-state index in [1.807, 2.05) is 91.0 Å². The molecule has 6 rings (SSSR count). The molecule has 0 fully saturated rings. The number of ether oxygens (including phenoxy) is 2. The highest BCUT2D eigenvalue weighted by atomic mass is 35.5. The molecule has 16 heteroatoms. The highest BCUT2D eigenvalue weighted by Gasteiger charge is 2.20. The lowest BCUT2D eigenvalue weighted by molar-refractivity contribution is -0.142. The summed E-state index contributed by atoms with van der Waals surface area (Å²) in [5.74, 6) is -0.703. The number of halogens is 1. The zero-order valence-corrected chi connectivity index (χ0v) is 33.1. The van der Waals surface area contributed by atoms with Crippen LogP contribution in [-0.4, -0.2) is 68.7 Å². The number of rotatable bonds is 11. The number of amides is 2. The summed E-state index contributed by atoms with van der Waals surface area (Å²) in [5.41, 5.74) is 8.51. The Morgan fingerprint density at radius 1 is 0.737 bits per heavy atom. The predicted octanol–water partition coefficient (Wildman–Crippen LogP) is 4.27. The lowest BCUT2D eigenvalue weighted by Crippen LogP contribution is -2.38. The van der Waals surface area contributed by atoms with Gasteiger partial charge in [-0.05, 0) is 43.4 Å². The Morgan fingerprint density at radius 3 is 1.79 bits per heavy atom. The lowest BCUT2D eigenvalue weighted by atomic mass is 10.2. The molecule has 3 aromatic carbocycles. The molecule has 0 unspecified atom stereocenters. The summed E-state index contributed by atoms with van der Waals surface area (Å²) in [4.78, 5) is 70.3. The van der Waals surface area contributed by atoms with Gasteiger partial charge in [-0.3, -0.25) is 28.1 Å². The number of carbonyl (C=O) groups excluding carboxylic acids is 4. The molecular weight excluding hydrogens is 754 g/mol. The number of urea groups is 1. The van der Waals surface area contributed by atoms with Crippen LogP contribution < -0.4 is 27.7 Å². The molecule has 1 aliphatic rings. The molecule has 0 atom stereocenters. The van der Waals surface area contributed by atoms with Crippen molar-refractivity contribution < 1.29 is 28.7 Å². The van der Waals surface area contributed by atoms with Gasteiger partial charge in [-0.1, -0.05) is 91.0 Å². The molecule has 57 heavy (non-hydrogen) atoms. The molecule has 5 aromatic rings. The van der Waals surface area contributed by atoms with Crippen molar-refractivity contribution in [1.29, 1.82) is 0 Å². The quantitative estimate of drug-likeness (QED) is 0.141. The summed E-state index contributed by atoms with van der Waals surface area (Å²) in [6, 6.07) is 28.8. The van der Waals surface area contributed by atoms with E-state index in [1.165, 1.54) is 0 Å². The molecule has 306 valence electrons. The molecule has 0 spiro atoms. The van der Waals surface area contributed by atoms with Crippen molar-refractivity contribution in [3.63, 3.8) is 0 Å². The van der Waals surface area contributed by atoms with Crippen LogP contribution in [0.25, 0.3) is 0 Å². The van der Waals surface area contributed by atoms with Crippen LogP contribution in [0.5, 0.6) is 0 Å². The number of nitrogens with zero attached hydrogens (tertiary/aromatic N) is 3.